The number of fused-ring (bicyclic) bond motifs is 1. The van der Waals surface area contributed by atoms with Gasteiger partial charge in [-0.05, 0) is 29.8 Å². The molecule has 0 aliphatic carbocycles. The molecule has 25 heavy (non-hydrogen) atoms. The second-order valence-corrected chi connectivity index (χ2v) is 5.38. The number of esters is 1. The van der Waals surface area contributed by atoms with Gasteiger partial charge in [0.1, 0.15) is 17.9 Å². The van der Waals surface area contributed by atoms with Crippen LogP contribution in [0.3, 0.4) is 0 Å². The quantitative estimate of drug-likeness (QED) is 0.386. The number of nitro groups is 1. The van der Waals surface area contributed by atoms with Gasteiger partial charge in [0.15, 0.2) is 0 Å². The van der Waals surface area contributed by atoms with Crippen molar-refractivity contribution in [2.75, 3.05) is 7.11 Å². The van der Waals surface area contributed by atoms with Crippen molar-refractivity contribution in [3.05, 3.63) is 70.0 Å². The maximum absolute atomic E-state index is 12.0. The highest BCUT2D eigenvalue weighted by Crippen LogP contribution is 2.26. The van der Waals surface area contributed by atoms with Crippen molar-refractivity contribution in [2.45, 2.75) is 13.0 Å². The number of benzene rings is 2. The Morgan fingerprint density at radius 1 is 1.20 bits per heavy atom. The molecule has 0 amide bonds. The molecule has 0 radical (unpaired) electrons. The first-order valence-corrected chi connectivity index (χ1v) is 7.50. The molecule has 0 aliphatic heterocycles. The van der Waals surface area contributed by atoms with Gasteiger partial charge in [0, 0.05) is 29.1 Å². The van der Waals surface area contributed by atoms with Crippen LogP contribution in [0.15, 0.2) is 53.1 Å². The van der Waals surface area contributed by atoms with E-state index >= 15 is 0 Å². The number of hydrogen-bond acceptors (Lipinski definition) is 6. The topological polar surface area (TPSA) is 91.8 Å². The van der Waals surface area contributed by atoms with Gasteiger partial charge in [-0.15, -0.1) is 0 Å². The fourth-order valence-electron chi connectivity index (χ4n) is 2.41. The number of carbonyl (C=O) groups excluding carboxylic acids is 1. The van der Waals surface area contributed by atoms with Gasteiger partial charge in [0.25, 0.3) is 5.69 Å². The Hall–Kier alpha value is -3.35. The smallest absolute Gasteiger partial charge is 0.310 e. The first-order chi connectivity index (χ1) is 12.1. The standard InChI is InChI=1S/C18H15NO6/c1-23-15-6-7-16-13(11-24-17(16)9-15)8-18(20)25-10-12-2-4-14(5-3-12)19(21)22/h2-7,9,11H,8,10H2,1H3. The van der Waals surface area contributed by atoms with Gasteiger partial charge in [-0.3, -0.25) is 14.9 Å². The lowest BCUT2D eigenvalue weighted by Crippen LogP contribution is -2.07. The van der Waals surface area contributed by atoms with Crippen LogP contribution in [-0.4, -0.2) is 18.0 Å². The van der Waals surface area contributed by atoms with Crippen LogP contribution < -0.4 is 4.74 Å². The highest BCUT2D eigenvalue weighted by molar-refractivity contribution is 5.86. The molecule has 128 valence electrons. The van der Waals surface area contributed by atoms with Crippen molar-refractivity contribution in [3.63, 3.8) is 0 Å². The SMILES string of the molecule is COc1ccc2c(CC(=O)OCc3ccc([N+](=O)[O-])cc3)coc2c1. The summed E-state index contributed by atoms with van der Waals surface area (Å²) in [4.78, 5) is 22.2. The number of ether oxygens (including phenoxy) is 2. The highest BCUT2D eigenvalue weighted by atomic mass is 16.6. The van der Waals surface area contributed by atoms with Crippen LogP contribution in [0, 0.1) is 10.1 Å². The second kappa shape index (κ2) is 7.04. The maximum Gasteiger partial charge on any atom is 0.310 e. The summed E-state index contributed by atoms with van der Waals surface area (Å²) in [6, 6.07) is 11.2. The minimum absolute atomic E-state index is 0.00429. The summed E-state index contributed by atoms with van der Waals surface area (Å²) in [5.74, 6) is 0.269. The van der Waals surface area contributed by atoms with E-state index in [4.69, 9.17) is 13.9 Å². The van der Waals surface area contributed by atoms with E-state index in [2.05, 4.69) is 0 Å². The zero-order valence-electron chi connectivity index (χ0n) is 13.4. The average molecular weight is 341 g/mol. The molecule has 3 aromatic rings. The predicted molar refractivity (Wildman–Crippen MR) is 89.4 cm³/mol. The summed E-state index contributed by atoms with van der Waals surface area (Å²) in [5.41, 5.74) is 2.04. The van der Waals surface area contributed by atoms with E-state index in [0.717, 1.165) is 10.9 Å². The van der Waals surface area contributed by atoms with E-state index < -0.39 is 10.9 Å². The highest BCUT2D eigenvalue weighted by Gasteiger charge is 2.13. The van der Waals surface area contributed by atoms with E-state index in [1.807, 2.05) is 6.07 Å². The minimum Gasteiger partial charge on any atom is -0.497 e. The summed E-state index contributed by atoms with van der Waals surface area (Å²) >= 11 is 0. The molecule has 0 saturated heterocycles. The number of rotatable bonds is 6. The van der Waals surface area contributed by atoms with Gasteiger partial charge in [0.2, 0.25) is 0 Å². The van der Waals surface area contributed by atoms with E-state index in [-0.39, 0.29) is 18.7 Å². The van der Waals surface area contributed by atoms with Crippen LogP contribution in [0.1, 0.15) is 11.1 Å². The number of carbonyl (C=O) groups is 1. The van der Waals surface area contributed by atoms with Crippen LogP contribution in [0.25, 0.3) is 11.0 Å². The second-order valence-electron chi connectivity index (χ2n) is 5.38. The van der Waals surface area contributed by atoms with Crippen LogP contribution in [0.5, 0.6) is 5.75 Å². The predicted octanol–water partition coefficient (Wildman–Crippen LogP) is 3.64. The van der Waals surface area contributed by atoms with Gasteiger partial charge >= 0.3 is 5.97 Å². The molecule has 7 nitrogen and oxygen atoms in total. The first-order valence-electron chi connectivity index (χ1n) is 7.50. The molecule has 0 spiro atoms. The minimum atomic E-state index is -0.477. The van der Waals surface area contributed by atoms with E-state index in [1.54, 1.807) is 31.4 Å². The molecule has 0 aliphatic rings. The van der Waals surface area contributed by atoms with Gasteiger partial charge in [-0.25, -0.2) is 0 Å². The molecular formula is C18H15NO6. The fourth-order valence-corrected chi connectivity index (χ4v) is 2.41. The molecule has 1 aromatic heterocycles. The number of hydrogen-bond donors (Lipinski definition) is 0. The molecular weight excluding hydrogens is 326 g/mol. The maximum atomic E-state index is 12.0. The van der Waals surface area contributed by atoms with E-state index in [1.165, 1.54) is 18.4 Å². The molecule has 0 atom stereocenters. The number of methoxy groups -OCH3 is 1. The van der Waals surface area contributed by atoms with E-state index in [9.17, 15) is 14.9 Å². The first kappa shape index (κ1) is 16.5. The third kappa shape index (κ3) is 3.77. The summed E-state index contributed by atoms with van der Waals surface area (Å²) < 4.78 is 15.8. The van der Waals surface area contributed by atoms with Crippen molar-refractivity contribution in [1.82, 2.24) is 0 Å². The molecule has 0 bridgehead atoms. The van der Waals surface area contributed by atoms with Crippen molar-refractivity contribution >= 4 is 22.6 Å². The number of furan rings is 1. The largest absolute Gasteiger partial charge is 0.497 e. The molecule has 2 aromatic carbocycles. The van der Waals surface area contributed by atoms with Gasteiger partial charge in [-0.2, -0.15) is 0 Å². The lowest BCUT2D eigenvalue weighted by molar-refractivity contribution is -0.384. The molecule has 7 heteroatoms. The van der Waals surface area contributed by atoms with Gasteiger partial charge in [0.05, 0.1) is 24.7 Å². The van der Waals surface area contributed by atoms with Crippen LogP contribution in [-0.2, 0) is 22.6 Å². The Morgan fingerprint density at radius 2 is 1.96 bits per heavy atom. The number of nitro benzene ring substituents is 1. The summed E-state index contributed by atoms with van der Waals surface area (Å²) in [7, 11) is 1.57. The third-order valence-corrected chi connectivity index (χ3v) is 3.74. The zero-order valence-corrected chi connectivity index (χ0v) is 13.4. The molecule has 1 heterocycles. The van der Waals surface area contributed by atoms with Gasteiger partial charge in [-0.1, -0.05) is 0 Å². The Labute approximate surface area is 142 Å². The van der Waals surface area contributed by atoms with Crippen molar-refractivity contribution < 1.29 is 23.6 Å². The zero-order chi connectivity index (χ0) is 17.8. The summed E-state index contributed by atoms with van der Waals surface area (Å²) in [6.45, 7) is 0.0560. The average Bonchev–Trinajstić information content (AvgIpc) is 3.02. The Balaban J connectivity index is 1.62. The Bertz CT molecular complexity index is 913. The normalized spacial score (nSPS) is 10.6. The summed E-state index contributed by atoms with van der Waals surface area (Å²) in [6.07, 6.45) is 1.60. The molecule has 0 fully saturated rings. The van der Waals surface area contributed by atoms with Crippen molar-refractivity contribution in [2.24, 2.45) is 0 Å². The molecule has 0 saturated carbocycles. The van der Waals surface area contributed by atoms with Crippen LogP contribution >= 0.6 is 0 Å². The number of nitrogens with zero attached hydrogens (tertiary/aromatic N) is 1. The van der Waals surface area contributed by atoms with Gasteiger partial charge < -0.3 is 13.9 Å². The number of non-ortho nitro benzene ring substituents is 1. The third-order valence-electron chi connectivity index (χ3n) is 3.74. The molecule has 0 N–H and O–H groups in total. The molecule has 0 unspecified atom stereocenters. The monoisotopic (exact) mass is 341 g/mol. The summed E-state index contributed by atoms with van der Waals surface area (Å²) in [5, 5.41) is 11.4. The lowest BCUT2D eigenvalue weighted by Gasteiger charge is -2.04. The van der Waals surface area contributed by atoms with Crippen LogP contribution in [0.2, 0.25) is 0 Å². The van der Waals surface area contributed by atoms with E-state index in [0.29, 0.717) is 16.9 Å². The lowest BCUT2D eigenvalue weighted by atomic mass is 10.1. The molecule has 3 rings (SSSR count). The fraction of sp³-hybridized carbons (Fsp3) is 0.167. The Kier molecular flexibility index (Phi) is 4.65. The van der Waals surface area contributed by atoms with Crippen LogP contribution in [0.4, 0.5) is 5.69 Å². The van der Waals surface area contributed by atoms with Crippen molar-refractivity contribution in [1.29, 1.82) is 0 Å². The van der Waals surface area contributed by atoms with Crippen molar-refractivity contribution in [3.8, 4) is 5.75 Å². The Morgan fingerprint density at radius 3 is 2.64 bits per heavy atom.